The van der Waals surface area contributed by atoms with Gasteiger partial charge in [-0.15, -0.1) is 0 Å². The summed E-state index contributed by atoms with van der Waals surface area (Å²) in [6.45, 7) is 7.51. The summed E-state index contributed by atoms with van der Waals surface area (Å²) in [7, 11) is 0. The van der Waals surface area contributed by atoms with Crippen molar-refractivity contribution in [1.82, 2.24) is 5.32 Å². The van der Waals surface area contributed by atoms with Gasteiger partial charge in [0.2, 0.25) is 0 Å². The van der Waals surface area contributed by atoms with Gasteiger partial charge < -0.3 is 14.8 Å². The Balaban J connectivity index is 1.95. The van der Waals surface area contributed by atoms with E-state index in [1.54, 1.807) is 0 Å². The molecule has 0 saturated carbocycles. The number of aliphatic hydroxyl groups excluding tert-OH is 1. The Morgan fingerprint density at radius 3 is 2.70 bits per heavy atom. The molecule has 1 aromatic carbocycles. The molecule has 3 nitrogen and oxygen atoms in total. The predicted octanol–water partition coefficient (Wildman–Crippen LogP) is 3.97. The number of halogens is 1. The topological polar surface area (TPSA) is 45.4 Å². The number of rotatable bonds is 5. The molecule has 0 aliphatic heterocycles. The van der Waals surface area contributed by atoms with Crippen molar-refractivity contribution in [3.8, 4) is 0 Å². The molecular weight excluding hydrogens is 274 g/mol. The van der Waals surface area contributed by atoms with Crippen molar-refractivity contribution in [3.05, 3.63) is 35.0 Å². The van der Waals surface area contributed by atoms with E-state index in [0.29, 0.717) is 18.3 Å². The van der Waals surface area contributed by atoms with Crippen LogP contribution in [0.3, 0.4) is 0 Å². The van der Waals surface area contributed by atoms with Gasteiger partial charge in [0, 0.05) is 24.0 Å². The molecule has 4 heteroatoms. The summed E-state index contributed by atoms with van der Waals surface area (Å²) < 4.78 is 5.50. The second kappa shape index (κ2) is 6.17. The molecule has 0 bridgehead atoms. The van der Waals surface area contributed by atoms with Crippen LogP contribution in [-0.4, -0.2) is 17.8 Å². The number of para-hydroxylation sites is 1. The van der Waals surface area contributed by atoms with Crippen molar-refractivity contribution in [3.63, 3.8) is 0 Å². The summed E-state index contributed by atoms with van der Waals surface area (Å²) in [4.78, 5) is 0. The van der Waals surface area contributed by atoms with Gasteiger partial charge in [-0.05, 0) is 29.5 Å². The SMILES string of the molecule is CC(C)(C)CC(O)CNCc1c(Cl)oc2ccccc12. The van der Waals surface area contributed by atoms with Crippen molar-refractivity contribution in [2.24, 2.45) is 5.41 Å². The highest BCUT2D eigenvalue weighted by Crippen LogP contribution is 2.29. The van der Waals surface area contributed by atoms with E-state index in [0.717, 1.165) is 23.0 Å². The van der Waals surface area contributed by atoms with Crippen LogP contribution in [0.4, 0.5) is 0 Å². The van der Waals surface area contributed by atoms with Crippen molar-refractivity contribution in [1.29, 1.82) is 0 Å². The number of hydrogen-bond donors (Lipinski definition) is 2. The smallest absolute Gasteiger partial charge is 0.199 e. The van der Waals surface area contributed by atoms with Gasteiger partial charge in [0.15, 0.2) is 5.22 Å². The maximum absolute atomic E-state index is 9.98. The van der Waals surface area contributed by atoms with Gasteiger partial charge in [-0.3, -0.25) is 0 Å². The molecule has 0 amide bonds. The van der Waals surface area contributed by atoms with Crippen LogP contribution >= 0.6 is 11.6 Å². The lowest BCUT2D eigenvalue weighted by Gasteiger charge is -2.22. The van der Waals surface area contributed by atoms with E-state index in [1.807, 2.05) is 24.3 Å². The van der Waals surface area contributed by atoms with Crippen molar-refractivity contribution in [2.75, 3.05) is 6.54 Å². The number of benzene rings is 1. The van der Waals surface area contributed by atoms with Gasteiger partial charge in [0.1, 0.15) is 5.58 Å². The third kappa shape index (κ3) is 3.98. The normalized spacial score (nSPS) is 13.8. The summed E-state index contributed by atoms with van der Waals surface area (Å²) >= 11 is 6.12. The Kier molecular flexibility index (Phi) is 4.74. The molecule has 110 valence electrons. The molecule has 1 aromatic heterocycles. The number of aliphatic hydroxyl groups is 1. The summed E-state index contributed by atoms with van der Waals surface area (Å²) in [6.07, 6.45) is 0.409. The number of fused-ring (bicyclic) bond motifs is 1. The van der Waals surface area contributed by atoms with Crippen molar-refractivity contribution < 1.29 is 9.52 Å². The lowest BCUT2D eigenvalue weighted by molar-refractivity contribution is 0.119. The van der Waals surface area contributed by atoms with Gasteiger partial charge in [0.25, 0.3) is 0 Å². The summed E-state index contributed by atoms with van der Waals surface area (Å²) in [6, 6.07) is 7.78. The number of nitrogens with one attached hydrogen (secondary N) is 1. The van der Waals surface area contributed by atoms with Crippen molar-refractivity contribution >= 4 is 22.6 Å². The molecule has 20 heavy (non-hydrogen) atoms. The molecule has 2 aromatic rings. The van der Waals surface area contributed by atoms with E-state index in [2.05, 4.69) is 26.1 Å². The molecule has 2 N–H and O–H groups in total. The zero-order valence-corrected chi connectivity index (χ0v) is 13.0. The van der Waals surface area contributed by atoms with Gasteiger partial charge >= 0.3 is 0 Å². The maximum Gasteiger partial charge on any atom is 0.199 e. The van der Waals surface area contributed by atoms with Crippen LogP contribution in [-0.2, 0) is 6.54 Å². The zero-order valence-electron chi connectivity index (χ0n) is 12.2. The largest absolute Gasteiger partial charge is 0.444 e. The van der Waals surface area contributed by atoms with Crippen LogP contribution in [0, 0.1) is 5.41 Å². The van der Waals surface area contributed by atoms with E-state index >= 15 is 0 Å². The van der Waals surface area contributed by atoms with Crippen LogP contribution < -0.4 is 5.32 Å². The molecule has 0 aliphatic rings. The van der Waals surface area contributed by atoms with Crippen LogP contribution in [0.15, 0.2) is 28.7 Å². The molecule has 1 heterocycles. The Morgan fingerprint density at radius 1 is 1.30 bits per heavy atom. The Morgan fingerprint density at radius 2 is 2.00 bits per heavy atom. The Hall–Kier alpha value is -1.03. The van der Waals surface area contributed by atoms with Crippen LogP contribution in [0.2, 0.25) is 5.22 Å². The zero-order chi connectivity index (χ0) is 14.8. The fourth-order valence-electron chi connectivity index (χ4n) is 2.38. The van der Waals surface area contributed by atoms with E-state index in [9.17, 15) is 5.11 Å². The summed E-state index contributed by atoms with van der Waals surface area (Å²) in [5.41, 5.74) is 1.87. The lowest BCUT2D eigenvalue weighted by atomic mass is 9.89. The van der Waals surface area contributed by atoms with Crippen molar-refractivity contribution in [2.45, 2.75) is 39.8 Å². The second-order valence-corrected chi connectivity index (χ2v) is 6.74. The second-order valence-electron chi connectivity index (χ2n) is 6.40. The van der Waals surface area contributed by atoms with Crippen LogP contribution in [0.25, 0.3) is 11.0 Å². The number of furan rings is 1. The van der Waals surface area contributed by atoms with E-state index in [-0.39, 0.29) is 11.5 Å². The molecule has 1 unspecified atom stereocenters. The third-order valence-corrected chi connectivity index (χ3v) is 3.48. The highest BCUT2D eigenvalue weighted by molar-refractivity contribution is 6.30. The highest BCUT2D eigenvalue weighted by Gasteiger charge is 2.17. The molecule has 1 atom stereocenters. The first-order valence-corrected chi connectivity index (χ1v) is 7.29. The minimum Gasteiger partial charge on any atom is -0.444 e. The monoisotopic (exact) mass is 295 g/mol. The predicted molar refractivity (Wildman–Crippen MR) is 83.0 cm³/mol. The van der Waals surface area contributed by atoms with E-state index in [1.165, 1.54) is 0 Å². The molecular formula is C16H22ClNO2. The Bertz CT molecular complexity index is 571. The first-order chi connectivity index (χ1) is 9.37. The fourth-order valence-corrected chi connectivity index (χ4v) is 2.63. The molecule has 0 radical (unpaired) electrons. The number of hydrogen-bond acceptors (Lipinski definition) is 3. The molecule has 0 spiro atoms. The van der Waals surface area contributed by atoms with E-state index in [4.69, 9.17) is 16.0 Å². The summed E-state index contributed by atoms with van der Waals surface area (Å²) in [5, 5.41) is 14.7. The minimum absolute atomic E-state index is 0.126. The first-order valence-electron chi connectivity index (χ1n) is 6.91. The van der Waals surface area contributed by atoms with Gasteiger partial charge in [0.05, 0.1) is 6.10 Å². The summed E-state index contributed by atoms with van der Waals surface area (Å²) in [5.74, 6) is 0. The molecule has 0 saturated heterocycles. The molecule has 0 aliphatic carbocycles. The Labute approximate surface area is 124 Å². The average Bonchev–Trinajstić information content (AvgIpc) is 2.64. The first kappa shape index (κ1) is 15.4. The van der Waals surface area contributed by atoms with Gasteiger partial charge in [-0.2, -0.15) is 0 Å². The standard InChI is InChI=1S/C16H22ClNO2/c1-16(2,3)8-11(19)9-18-10-13-12-6-4-5-7-14(12)20-15(13)17/h4-7,11,18-19H,8-10H2,1-3H3. The molecule has 2 rings (SSSR count). The van der Waals surface area contributed by atoms with Gasteiger partial charge in [-0.1, -0.05) is 39.0 Å². The van der Waals surface area contributed by atoms with Gasteiger partial charge in [-0.25, -0.2) is 0 Å². The fraction of sp³-hybridized carbons (Fsp3) is 0.500. The molecule has 0 fully saturated rings. The average molecular weight is 296 g/mol. The minimum atomic E-state index is -0.355. The quantitative estimate of drug-likeness (QED) is 0.877. The highest BCUT2D eigenvalue weighted by atomic mass is 35.5. The van der Waals surface area contributed by atoms with Crippen LogP contribution in [0.5, 0.6) is 0 Å². The van der Waals surface area contributed by atoms with Crippen LogP contribution in [0.1, 0.15) is 32.8 Å². The maximum atomic E-state index is 9.98. The third-order valence-electron chi connectivity index (χ3n) is 3.18. The lowest BCUT2D eigenvalue weighted by Crippen LogP contribution is -2.29. The van der Waals surface area contributed by atoms with E-state index < -0.39 is 0 Å².